The van der Waals surface area contributed by atoms with Crippen LogP contribution in [-0.2, 0) is 4.74 Å². The van der Waals surface area contributed by atoms with E-state index in [9.17, 15) is 4.79 Å². The maximum absolute atomic E-state index is 12.2. The zero-order valence-corrected chi connectivity index (χ0v) is 12.3. The first-order chi connectivity index (χ1) is 8.44. The SMILES string of the molecule is CCCCCN(C(=O)OC(C)(C)C)C1CCNC1. The monoisotopic (exact) mass is 256 g/mol. The minimum absolute atomic E-state index is 0.160. The van der Waals surface area contributed by atoms with Crippen LogP contribution in [0.5, 0.6) is 0 Å². The summed E-state index contributed by atoms with van der Waals surface area (Å²) in [7, 11) is 0. The van der Waals surface area contributed by atoms with E-state index in [0.29, 0.717) is 6.04 Å². The number of carbonyl (C=O) groups excluding carboxylic acids is 1. The molecule has 1 N–H and O–H groups in total. The maximum Gasteiger partial charge on any atom is 0.410 e. The predicted molar refractivity (Wildman–Crippen MR) is 73.7 cm³/mol. The number of hydrogen-bond acceptors (Lipinski definition) is 3. The van der Waals surface area contributed by atoms with Gasteiger partial charge in [0.15, 0.2) is 0 Å². The smallest absolute Gasteiger partial charge is 0.410 e. The molecule has 1 rings (SSSR count). The molecule has 1 heterocycles. The number of ether oxygens (including phenoxy) is 1. The molecule has 1 atom stereocenters. The van der Waals surface area contributed by atoms with Crippen molar-refractivity contribution in [3.05, 3.63) is 0 Å². The van der Waals surface area contributed by atoms with Gasteiger partial charge in [-0.1, -0.05) is 19.8 Å². The summed E-state index contributed by atoms with van der Waals surface area (Å²) in [5.41, 5.74) is -0.411. The van der Waals surface area contributed by atoms with Crippen molar-refractivity contribution in [3.8, 4) is 0 Å². The van der Waals surface area contributed by atoms with E-state index in [1.807, 2.05) is 25.7 Å². The minimum Gasteiger partial charge on any atom is -0.444 e. The Morgan fingerprint density at radius 1 is 1.39 bits per heavy atom. The van der Waals surface area contributed by atoms with E-state index in [2.05, 4.69) is 12.2 Å². The average molecular weight is 256 g/mol. The molecule has 1 unspecified atom stereocenters. The zero-order valence-electron chi connectivity index (χ0n) is 12.3. The molecule has 1 saturated heterocycles. The van der Waals surface area contributed by atoms with Crippen LogP contribution < -0.4 is 5.32 Å². The molecular formula is C14H28N2O2. The molecular weight excluding hydrogens is 228 g/mol. The van der Waals surface area contributed by atoms with Crippen LogP contribution in [0.3, 0.4) is 0 Å². The van der Waals surface area contributed by atoms with E-state index in [4.69, 9.17) is 4.74 Å². The summed E-state index contributed by atoms with van der Waals surface area (Å²) >= 11 is 0. The lowest BCUT2D eigenvalue weighted by atomic mass is 10.2. The van der Waals surface area contributed by atoms with Gasteiger partial charge in [0.2, 0.25) is 0 Å². The molecule has 0 radical (unpaired) electrons. The molecule has 106 valence electrons. The van der Waals surface area contributed by atoms with Crippen LogP contribution in [0.15, 0.2) is 0 Å². The third kappa shape index (κ3) is 5.25. The van der Waals surface area contributed by atoms with Gasteiger partial charge in [0.1, 0.15) is 5.60 Å². The van der Waals surface area contributed by atoms with Crippen molar-refractivity contribution in [1.82, 2.24) is 10.2 Å². The summed E-state index contributed by atoms with van der Waals surface area (Å²) in [4.78, 5) is 14.1. The predicted octanol–water partition coefficient (Wildman–Crippen LogP) is 2.78. The highest BCUT2D eigenvalue weighted by atomic mass is 16.6. The van der Waals surface area contributed by atoms with E-state index in [0.717, 1.165) is 32.5 Å². The van der Waals surface area contributed by atoms with E-state index in [-0.39, 0.29) is 6.09 Å². The summed E-state index contributed by atoms with van der Waals surface area (Å²) in [5, 5.41) is 3.31. The van der Waals surface area contributed by atoms with Crippen molar-refractivity contribution in [2.75, 3.05) is 19.6 Å². The fourth-order valence-electron chi connectivity index (χ4n) is 2.18. The molecule has 1 aliphatic rings. The number of amides is 1. The molecule has 1 aliphatic heterocycles. The number of rotatable bonds is 5. The Kier molecular flexibility index (Phi) is 5.93. The van der Waals surface area contributed by atoms with E-state index in [1.54, 1.807) is 0 Å². The fraction of sp³-hybridized carbons (Fsp3) is 0.929. The first-order valence-electron chi connectivity index (χ1n) is 7.14. The average Bonchev–Trinajstić information content (AvgIpc) is 2.74. The first kappa shape index (κ1) is 15.3. The Bertz CT molecular complexity index is 255. The van der Waals surface area contributed by atoms with Gasteiger partial charge in [-0.25, -0.2) is 4.79 Å². The van der Waals surface area contributed by atoms with Crippen molar-refractivity contribution in [2.45, 2.75) is 65.0 Å². The molecule has 0 saturated carbocycles. The van der Waals surface area contributed by atoms with Crippen LogP contribution in [0.1, 0.15) is 53.4 Å². The first-order valence-corrected chi connectivity index (χ1v) is 7.14. The highest BCUT2D eigenvalue weighted by Crippen LogP contribution is 2.16. The van der Waals surface area contributed by atoms with Gasteiger partial charge < -0.3 is 15.0 Å². The summed E-state index contributed by atoms with van der Waals surface area (Å²) < 4.78 is 5.50. The largest absolute Gasteiger partial charge is 0.444 e. The maximum atomic E-state index is 12.2. The van der Waals surface area contributed by atoms with Crippen LogP contribution in [0, 0.1) is 0 Å². The Morgan fingerprint density at radius 3 is 2.61 bits per heavy atom. The van der Waals surface area contributed by atoms with E-state index >= 15 is 0 Å². The van der Waals surface area contributed by atoms with Gasteiger partial charge in [-0.2, -0.15) is 0 Å². The van der Waals surface area contributed by atoms with Crippen molar-refractivity contribution in [1.29, 1.82) is 0 Å². The topological polar surface area (TPSA) is 41.6 Å². The molecule has 0 aromatic carbocycles. The van der Waals surface area contributed by atoms with Crippen LogP contribution in [-0.4, -0.2) is 42.3 Å². The lowest BCUT2D eigenvalue weighted by molar-refractivity contribution is 0.0173. The molecule has 18 heavy (non-hydrogen) atoms. The second kappa shape index (κ2) is 6.98. The van der Waals surface area contributed by atoms with Gasteiger partial charge in [0, 0.05) is 19.1 Å². The number of carbonyl (C=O) groups is 1. The van der Waals surface area contributed by atoms with Crippen LogP contribution in [0.25, 0.3) is 0 Å². The zero-order chi connectivity index (χ0) is 13.6. The van der Waals surface area contributed by atoms with Crippen LogP contribution in [0.4, 0.5) is 4.79 Å². The molecule has 0 aromatic rings. The minimum atomic E-state index is -0.411. The molecule has 0 aromatic heterocycles. The Morgan fingerprint density at radius 2 is 2.11 bits per heavy atom. The molecule has 0 spiro atoms. The van der Waals surface area contributed by atoms with Gasteiger partial charge in [0.25, 0.3) is 0 Å². The highest BCUT2D eigenvalue weighted by molar-refractivity contribution is 5.68. The molecule has 0 aliphatic carbocycles. The quantitative estimate of drug-likeness (QED) is 0.769. The number of nitrogens with zero attached hydrogens (tertiary/aromatic N) is 1. The van der Waals surface area contributed by atoms with E-state index in [1.165, 1.54) is 12.8 Å². The lowest BCUT2D eigenvalue weighted by Gasteiger charge is -2.31. The molecule has 0 bridgehead atoms. The van der Waals surface area contributed by atoms with Gasteiger partial charge >= 0.3 is 6.09 Å². The summed E-state index contributed by atoms with van der Waals surface area (Å²) in [6.07, 6.45) is 4.27. The molecule has 4 heteroatoms. The highest BCUT2D eigenvalue weighted by Gasteiger charge is 2.29. The number of unbranched alkanes of at least 4 members (excludes halogenated alkanes) is 2. The number of nitrogens with one attached hydrogen (secondary N) is 1. The van der Waals surface area contributed by atoms with Crippen molar-refractivity contribution < 1.29 is 9.53 Å². The second-order valence-electron chi connectivity index (χ2n) is 6.03. The second-order valence-corrected chi connectivity index (χ2v) is 6.03. The summed E-state index contributed by atoms with van der Waals surface area (Å²) in [6.45, 7) is 10.6. The summed E-state index contributed by atoms with van der Waals surface area (Å²) in [6, 6.07) is 0.303. The van der Waals surface area contributed by atoms with Crippen molar-refractivity contribution >= 4 is 6.09 Å². The standard InChI is InChI=1S/C14H28N2O2/c1-5-6-7-10-16(12-8-9-15-11-12)13(17)18-14(2,3)4/h12,15H,5-11H2,1-4H3. The fourth-order valence-corrected chi connectivity index (χ4v) is 2.18. The molecule has 1 fully saturated rings. The summed E-state index contributed by atoms with van der Waals surface area (Å²) in [5.74, 6) is 0. The van der Waals surface area contributed by atoms with E-state index < -0.39 is 5.60 Å². The molecule has 4 nitrogen and oxygen atoms in total. The van der Waals surface area contributed by atoms with Crippen molar-refractivity contribution in [3.63, 3.8) is 0 Å². The normalized spacial score (nSPS) is 19.9. The molecule has 1 amide bonds. The van der Waals surface area contributed by atoms with Gasteiger partial charge in [-0.3, -0.25) is 0 Å². The van der Waals surface area contributed by atoms with Gasteiger partial charge in [-0.15, -0.1) is 0 Å². The Hall–Kier alpha value is -0.770. The van der Waals surface area contributed by atoms with Crippen LogP contribution in [0.2, 0.25) is 0 Å². The number of hydrogen-bond donors (Lipinski definition) is 1. The van der Waals surface area contributed by atoms with Crippen LogP contribution >= 0.6 is 0 Å². The Labute approximate surface area is 111 Å². The Balaban J connectivity index is 2.55. The third-order valence-corrected chi connectivity index (χ3v) is 3.11. The van der Waals surface area contributed by atoms with Crippen molar-refractivity contribution in [2.24, 2.45) is 0 Å². The van der Waals surface area contributed by atoms with Gasteiger partial charge in [0.05, 0.1) is 0 Å². The lowest BCUT2D eigenvalue weighted by Crippen LogP contribution is -2.44. The third-order valence-electron chi connectivity index (χ3n) is 3.11. The van der Waals surface area contributed by atoms with Gasteiger partial charge in [-0.05, 0) is 40.2 Å².